The van der Waals surface area contributed by atoms with Gasteiger partial charge in [-0.15, -0.1) is 0 Å². The number of ether oxygens (including phenoxy) is 1. The number of pyridine rings is 1. The molecule has 8 heteroatoms. The van der Waals surface area contributed by atoms with Crippen molar-refractivity contribution in [3.8, 4) is 5.88 Å². The summed E-state index contributed by atoms with van der Waals surface area (Å²) < 4.78 is 44.5. The molecule has 1 heterocycles. The third kappa shape index (κ3) is 5.00. The molecular weight excluding hydrogens is 371 g/mol. The Morgan fingerprint density at radius 3 is 2.46 bits per heavy atom. The number of hydrazine groups is 1. The molecule has 28 heavy (non-hydrogen) atoms. The monoisotopic (exact) mass is 387 g/mol. The van der Waals surface area contributed by atoms with Crippen molar-refractivity contribution in [3.05, 3.63) is 89.6 Å². The zero-order valence-corrected chi connectivity index (χ0v) is 14.5. The number of carbonyl (C=O) groups excluding carboxylic acids is 1. The van der Waals surface area contributed by atoms with Gasteiger partial charge in [0.2, 0.25) is 5.88 Å². The Labute approximate surface area is 159 Å². The van der Waals surface area contributed by atoms with Crippen LogP contribution >= 0.6 is 0 Å². The molecule has 0 fully saturated rings. The summed E-state index contributed by atoms with van der Waals surface area (Å²) in [6.07, 6.45) is -3.15. The van der Waals surface area contributed by atoms with Gasteiger partial charge in [0, 0.05) is 17.8 Å². The molecule has 0 aliphatic heterocycles. The van der Waals surface area contributed by atoms with Crippen LogP contribution in [-0.4, -0.2) is 10.9 Å². The molecule has 0 saturated heterocycles. The lowest BCUT2D eigenvalue weighted by Crippen LogP contribution is -2.30. The van der Waals surface area contributed by atoms with Crippen molar-refractivity contribution >= 4 is 11.6 Å². The van der Waals surface area contributed by atoms with E-state index in [4.69, 9.17) is 4.74 Å². The minimum atomic E-state index is -4.54. The maximum absolute atomic E-state index is 13.0. The van der Waals surface area contributed by atoms with Crippen LogP contribution in [0.1, 0.15) is 21.5 Å². The summed E-state index contributed by atoms with van der Waals surface area (Å²) in [6, 6.07) is 17.1. The van der Waals surface area contributed by atoms with Gasteiger partial charge in [0.25, 0.3) is 5.91 Å². The lowest BCUT2D eigenvalue weighted by Gasteiger charge is -2.15. The molecule has 0 bridgehead atoms. The maximum atomic E-state index is 13.0. The number of alkyl halides is 3. The van der Waals surface area contributed by atoms with Crippen molar-refractivity contribution in [2.75, 3.05) is 5.43 Å². The summed E-state index contributed by atoms with van der Waals surface area (Å²) in [5.41, 5.74) is 4.57. The number of hydrogen-bond donors (Lipinski definition) is 2. The normalized spacial score (nSPS) is 11.0. The molecule has 1 amide bonds. The van der Waals surface area contributed by atoms with E-state index in [1.54, 1.807) is 0 Å². The number of benzene rings is 2. The van der Waals surface area contributed by atoms with E-state index in [1.165, 1.54) is 36.5 Å². The van der Waals surface area contributed by atoms with Gasteiger partial charge in [-0.3, -0.25) is 15.6 Å². The number of para-hydroxylation sites is 1. The first-order valence-electron chi connectivity index (χ1n) is 8.29. The molecule has 0 aliphatic rings. The van der Waals surface area contributed by atoms with E-state index in [9.17, 15) is 18.0 Å². The van der Waals surface area contributed by atoms with Gasteiger partial charge in [-0.25, -0.2) is 4.98 Å². The Bertz CT molecular complexity index is 947. The summed E-state index contributed by atoms with van der Waals surface area (Å²) in [5.74, 6) is -0.392. The number of nitrogens with zero attached hydrogens (tertiary/aromatic N) is 1. The van der Waals surface area contributed by atoms with Crippen LogP contribution in [0.5, 0.6) is 5.88 Å². The lowest BCUT2D eigenvalue weighted by molar-refractivity contribution is -0.137. The molecule has 1 aromatic heterocycles. The van der Waals surface area contributed by atoms with E-state index in [2.05, 4.69) is 15.8 Å². The van der Waals surface area contributed by atoms with Crippen LogP contribution in [-0.2, 0) is 12.8 Å². The standard InChI is InChI=1S/C20H16F3N3O2/c21-20(22,23)16-8-4-5-9-17(16)25-26-19(27)15-10-11-24-18(12-15)28-13-14-6-2-1-3-7-14/h1-12,25H,13H2,(H,26,27). The largest absolute Gasteiger partial charge is 0.473 e. The van der Waals surface area contributed by atoms with Crippen molar-refractivity contribution in [1.29, 1.82) is 0 Å². The van der Waals surface area contributed by atoms with Crippen molar-refractivity contribution in [1.82, 2.24) is 10.4 Å². The number of hydrogen-bond acceptors (Lipinski definition) is 4. The number of anilines is 1. The minimum absolute atomic E-state index is 0.190. The summed E-state index contributed by atoms with van der Waals surface area (Å²) in [4.78, 5) is 16.3. The Morgan fingerprint density at radius 2 is 1.71 bits per heavy atom. The van der Waals surface area contributed by atoms with Crippen molar-refractivity contribution in [2.45, 2.75) is 12.8 Å². The van der Waals surface area contributed by atoms with Crippen LogP contribution in [0.4, 0.5) is 18.9 Å². The minimum Gasteiger partial charge on any atom is -0.473 e. The fourth-order valence-electron chi connectivity index (χ4n) is 2.40. The van der Waals surface area contributed by atoms with Gasteiger partial charge in [-0.2, -0.15) is 13.2 Å². The molecule has 0 spiro atoms. The Balaban J connectivity index is 1.64. The van der Waals surface area contributed by atoms with Crippen LogP contribution in [0.3, 0.4) is 0 Å². The van der Waals surface area contributed by atoms with E-state index in [0.29, 0.717) is 0 Å². The van der Waals surface area contributed by atoms with E-state index < -0.39 is 17.6 Å². The first-order chi connectivity index (χ1) is 13.4. The molecular formula is C20H16F3N3O2. The van der Waals surface area contributed by atoms with Crippen LogP contribution < -0.4 is 15.6 Å². The number of halogens is 3. The van der Waals surface area contributed by atoms with Crippen molar-refractivity contribution < 1.29 is 22.7 Å². The van der Waals surface area contributed by atoms with Gasteiger partial charge in [-0.1, -0.05) is 42.5 Å². The SMILES string of the molecule is O=C(NNc1ccccc1C(F)(F)F)c1ccnc(OCc2ccccc2)c1. The third-order valence-electron chi connectivity index (χ3n) is 3.77. The molecule has 2 aromatic carbocycles. The molecule has 5 nitrogen and oxygen atoms in total. The highest BCUT2D eigenvalue weighted by Gasteiger charge is 2.33. The van der Waals surface area contributed by atoms with E-state index in [0.717, 1.165) is 11.6 Å². The lowest BCUT2D eigenvalue weighted by atomic mass is 10.2. The van der Waals surface area contributed by atoms with Gasteiger partial charge in [0.1, 0.15) is 6.61 Å². The summed E-state index contributed by atoms with van der Waals surface area (Å²) in [6.45, 7) is 0.274. The molecule has 0 atom stereocenters. The molecule has 0 unspecified atom stereocenters. The van der Waals surface area contributed by atoms with Crippen molar-refractivity contribution in [3.63, 3.8) is 0 Å². The molecule has 144 valence electrons. The zero-order valence-electron chi connectivity index (χ0n) is 14.5. The quantitative estimate of drug-likeness (QED) is 0.614. The van der Waals surface area contributed by atoms with Crippen LogP contribution in [0.15, 0.2) is 72.9 Å². The summed E-state index contributed by atoms with van der Waals surface area (Å²) in [5, 5.41) is 0. The predicted molar refractivity (Wildman–Crippen MR) is 97.5 cm³/mol. The smallest absolute Gasteiger partial charge is 0.418 e. The second-order valence-corrected chi connectivity index (χ2v) is 5.78. The number of rotatable bonds is 6. The average Bonchev–Trinajstić information content (AvgIpc) is 2.71. The first kappa shape index (κ1) is 19.2. The van der Waals surface area contributed by atoms with Crippen LogP contribution in [0.2, 0.25) is 0 Å². The van der Waals surface area contributed by atoms with Gasteiger partial charge < -0.3 is 4.74 Å². The van der Waals surface area contributed by atoms with E-state index in [-0.39, 0.29) is 23.7 Å². The van der Waals surface area contributed by atoms with Crippen LogP contribution in [0, 0.1) is 0 Å². The average molecular weight is 387 g/mol. The molecule has 2 N–H and O–H groups in total. The number of amides is 1. The Kier molecular flexibility index (Phi) is 5.78. The molecule has 0 saturated carbocycles. The zero-order chi connectivity index (χ0) is 20.0. The van der Waals surface area contributed by atoms with E-state index >= 15 is 0 Å². The van der Waals surface area contributed by atoms with E-state index in [1.807, 2.05) is 30.3 Å². The van der Waals surface area contributed by atoms with Gasteiger partial charge in [0.05, 0.1) is 11.3 Å². The summed E-state index contributed by atoms with van der Waals surface area (Å²) in [7, 11) is 0. The number of aromatic nitrogens is 1. The van der Waals surface area contributed by atoms with Crippen LogP contribution in [0.25, 0.3) is 0 Å². The highest BCUT2D eigenvalue weighted by molar-refractivity contribution is 5.95. The van der Waals surface area contributed by atoms with Gasteiger partial charge in [0.15, 0.2) is 0 Å². The molecule has 3 rings (SSSR count). The molecule has 0 aliphatic carbocycles. The second-order valence-electron chi connectivity index (χ2n) is 5.78. The number of carbonyl (C=O) groups is 1. The third-order valence-corrected chi connectivity index (χ3v) is 3.77. The highest BCUT2D eigenvalue weighted by Crippen LogP contribution is 2.34. The highest BCUT2D eigenvalue weighted by atomic mass is 19.4. The molecule has 0 radical (unpaired) electrons. The van der Waals surface area contributed by atoms with Gasteiger partial charge in [-0.05, 0) is 23.8 Å². The van der Waals surface area contributed by atoms with Crippen molar-refractivity contribution in [2.24, 2.45) is 0 Å². The van der Waals surface area contributed by atoms with Gasteiger partial charge >= 0.3 is 6.18 Å². The Morgan fingerprint density at radius 1 is 1.00 bits per heavy atom. The maximum Gasteiger partial charge on any atom is 0.418 e. The Hall–Kier alpha value is -3.55. The first-order valence-corrected chi connectivity index (χ1v) is 8.29. The number of nitrogens with one attached hydrogen (secondary N) is 2. The summed E-state index contributed by atoms with van der Waals surface area (Å²) >= 11 is 0. The topological polar surface area (TPSA) is 63.2 Å². The fraction of sp³-hybridized carbons (Fsp3) is 0.100. The predicted octanol–water partition coefficient (Wildman–Crippen LogP) is 4.44. The molecule has 3 aromatic rings. The second kappa shape index (κ2) is 8.43. The fourth-order valence-corrected chi connectivity index (χ4v) is 2.40.